The third-order valence-electron chi connectivity index (χ3n) is 6.86. The maximum Gasteiger partial charge on any atom is 0.264 e. The lowest BCUT2D eigenvalue weighted by Crippen LogP contribution is -2.36. The van der Waals surface area contributed by atoms with Crippen LogP contribution in [0.15, 0.2) is 5.38 Å². The topological polar surface area (TPSA) is 23.6 Å². The van der Waals surface area contributed by atoms with Gasteiger partial charge in [-0.25, -0.2) is 0 Å². The average Bonchev–Trinajstić information content (AvgIpc) is 3.25. The molecule has 0 aromatic carbocycles. The summed E-state index contributed by atoms with van der Waals surface area (Å²) in [5.41, 5.74) is 2.81. The van der Waals surface area contributed by atoms with Crippen LogP contribution in [-0.2, 0) is 12.8 Å². The van der Waals surface area contributed by atoms with Crippen LogP contribution in [0.3, 0.4) is 0 Å². The molecule has 2 saturated carbocycles. The molecule has 0 N–H and O–H groups in total. The normalized spacial score (nSPS) is 32.0. The van der Waals surface area contributed by atoms with E-state index in [0.29, 0.717) is 6.04 Å². The quantitative estimate of drug-likeness (QED) is 0.831. The third-order valence-corrected chi connectivity index (χ3v) is 7.92. The van der Waals surface area contributed by atoms with Crippen molar-refractivity contribution < 1.29 is 4.79 Å². The van der Waals surface area contributed by atoms with Gasteiger partial charge in [0.05, 0.1) is 4.88 Å². The molecule has 1 amide bonds. The Hall–Kier alpha value is -0.870. The van der Waals surface area contributed by atoms with Crippen molar-refractivity contribution in [2.24, 2.45) is 11.8 Å². The predicted molar refractivity (Wildman–Crippen MR) is 99.8 cm³/mol. The van der Waals surface area contributed by atoms with Crippen LogP contribution in [0.2, 0.25) is 0 Å². The number of fused-ring (bicyclic) bond motifs is 2. The van der Waals surface area contributed by atoms with Gasteiger partial charge in [0.1, 0.15) is 0 Å². The van der Waals surface area contributed by atoms with Gasteiger partial charge in [-0.1, -0.05) is 0 Å². The zero-order chi connectivity index (χ0) is 16.8. The smallest absolute Gasteiger partial charge is 0.264 e. The highest BCUT2D eigenvalue weighted by Gasteiger charge is 2.44. The first-order valence-electron chi connectivity index (χ1n) is 9.57. The molecule has 4 heteroatoms. The minimum Gasteiger partial charge on any atom is -0.338 e. The molecule has 4 atom stereocenters. The van der Waals surface area contributed by atoms with E-state index in [2.05, 4.69) is 29.3 Å². The van der Waals surface area contributed by atoms with Gasteiger partial charge in [0.25, 0.3) is 5.91 Å². The van der Waals surface area contributed by atoms with Crippen LogP contribution < -0.4 is 0 Å². The van der Waals surface area contributed by atoms with E-state index in [1.54, 1.807) is 11.3 Å². The molecule has 2 fully saturated rings. The second-order valence-electron chi connectivity index (χ2n) is 8.43. The molecule has 0 saturated heterocycles. The number of hydrogen-bond donors (Lipinski definition) is 0. The van der Waals surface area contributed by atoms with Crippen LogP contribution in [0.5, 0.6) is 0 Å². The Kier molecular flexibility index (Phi) is 4.46. The van der Waals surface area contributed by atoms with Crippen molar-refractivity contribution in [1.29, 1.82) is 0 Å². The Morgan fingerprint density at radius 2 is 1.62 bits per heavy atom. The second-order valence-corrected chi connectivity index (χ2v) is 9.31. The van der Waals surface area contributed by atoms with Crippen molar-refractivity contribution in [3.63, 3.8) is 0 Å². The summed E-state index contributed by atoms with van der Waals surface area (Å²) in [7, 11) is 6.46. The van der Waals surface area contributed by atoms with Gasteiger partial charge in [0, 0.05) is 19.1 Å². The zero-order valence-corrected chi connectivity index (χ0v) is 16.1. The van der Waals surface area contributed by atoms with Gasteiger partial charge in [-0.3, -0.25) is 4.79 Å². The molecule has 0 radical (unpaired) electrons. The molecule has 0 bridgehead atoms. The Bertz CT molecular complexity index is 609. The highest BCUT2D eigenvalue weighted by Crippen LogP contribution is 2.47. The molecule has 1 heterocycles. The lowest BCUT2D eigenvalue weighted by atomic mass is 9.93. The maximum absolute atomic E-state index is 13.1. The highest BCUT2D eigenvalue weighted by molar-refractivity contribution is 7.12. The number of carbonyl (C=O) groups excluding carboxylic acids is 1. The lowest BCUT2D eigenvalue weighted by Gasteiger charge is -2.27. The van der Waals surface area contributed by atoms with Gasteiger partial charge in [-0.2, -0.15) is 0 Å². The Labute approximate surface area is 150 Å². The first-order valence-corrected chi connectivity index (χ1v) is 10.5. The zero-order valence-electron chi connectivity index (χ0n) is 15.3. The number of nitrogens with zero attached hydrogens (tertiary/aromatic N) is 2. The van der Waals surface area contributed by atoms with Crippen molar-refractivity contribution in [1.82, 2.24) is 9.80 Å². The largest absolute Gasteiger partial charge is 0.338 e. The van der Waals surface area contributed by atoms with Gasteiger partial charge in [-0.05, 0) is 93.8 Å². The van der Waals surface area contributed by atoms with Gasteiger partial charge in [-0.15, -0.1) is 11.3 Å². The van der Waals surface area contributed by atoms with Crippen LogP contribution in [0, 0.1) is 11.8 Å². The summed E-state index contributed by atoms with van der Waals surface area (Å²) in [6, 6.07) is 1.21. The second kappa shape index (κ2) is 6.45. The summed E-state index contributed by atoms with van der Waals surface area (Å²) in [4.78, 5) is 18.6. The summed E-state index contributed by atoms with van der Waals surface area (Å²) in [5, 5.41) is 2.24. The van der Waals surface area contributed by atoms with E-state index < -0.39 is 0 Å². The fourth-order valence-electron chi connectivity index (χ4n) is 5.32. The van der Waals surface area contributed by atoms with E-state index in [1.807, 2.05) is 7.05 Å². The van der Waals surface area contributed by atoms with Gasteiger partial charge in [0.15, 0.2) is 0 Å². The molecule has 4 rings (SSSR count). The number of carbonyl (C=O) groups is 1. The summed E-state index contributed by atoms with van der Waals surface area (Å²) < 4.78 is 0. The van der Waals surface area contributed by atoms with Crippen molar-refractivity contribution in [2.45, 2.75) is 63.5 Å². The molecule has 1 aromatic rings. The third kappa shape index (κ3) is 2.82. The molecule has 3 aliphatic carbocycles. The molecular weight excluding hydrogens is 316 g/mol. The number of aryl methyl sites for hydroxylation is 1. The molecule has 3 nitrogen and oxygen atoms in total. The van der Waals surface area contributed by atoms with Gasteiger partial charge < -0.3 is 9.80 Å². The van der Waals surface area contributed by atoms with Crippen LogP contribution in [0.25, 0.3) is 0 Å². The molecule has 132 valence electrons. The van der Waals surface area contributed by atoms with Gasteiger partial charge in [0.2, 0.25) is 0 Å². The van der Waals surface area contributed by atoms with Crippen molar-refractivity contribution in [3.05, 3.63) is 21.4 Å². The number of hydrogen-bond acceptors (Lipinski definition) is 3. The minimum atomic E-state index is 0.289. The van der Waals surface area contributed by atoms with Crippen molar-refractivity contribution in [3.8, 4) is 0 Å². The minimum absolute atomic E-state index is 0.289. The molecule has 24 heavy (non-hydrogen) atoms. The molecular formula is C20H30N2OS. The van der Waals surface area contributed by atoms with E-state index in [9.17, 15) is 4.79 Å². The van der Waals surface area contributed by atoms with Crippen LogP contribution in [-0.4, -0.2) is 48.9 Å². The SMILES string of the molecule is CN(C)C1C[C@@H]2CC(N(C)C(=O)c3scc4c3CCCC4)C[C@@H]2C1. The maximum atomic E-state index is 13.1. The van der Waals surface area contributed by atoms with Crippen LogP contribution >= 0.6 is 11.3 Å². The van der Waals surface area contributed by atoms with Crippen molar-refractivity contribution >= 4 is 17.2 Å². The monoisotopic (exact) mass is 346 g/mol. The first-order chi connectivity index (χ1) is 11.5. The fourth-order valence-corrected chi connectivity index (χ4v) is 6.46. The van der Waals surface area contributed by atoms with E-state index >= 15 is 0 Å². The molecule has 0 spiro atoms. The standard InChI is InChI=1S/C20H30N2OS/c1-21(2)16-8-14-10-17(11-15(14)9-16)22(3)20(23)19-18-7-5-4-6-13(18)12-24-19/h12,14-17H,4-11H2,1-3H3/t14-,15+,16?,17?. The van der Waals surface area contributed by atoms with Crippen LogP contribution in [0.1, 0.15) is 59.3 Å². The Morgan fingerprint density at radius 1 is 1.00 bits per heavy atom. The summed E-state index contributed by atoms with van der Waals surface area (Å²) in [6.07, 6.45) is 9.88. The van der Waals surface area contributed by atoms with E-state index in [-0.39, 0.29) is 5.91 Å². The van der Waals surface area contributed by atoms with Crippen LogP contribution in [0.4, 0.5) is 0 Å². The fraction of sp³-hybridized carbons (Fsp3) is 0.750. The van der Waals surface area contributed by atoms with E-state index in [4.69, 9.17) is 0 Å². The first kappa shape index (κ1) is 16.6. The Morgan fingerprint density at radius 3 is 2.29 bits per heavy atom. The highest BCUT2D eigenvalue weighted by atomic mass is 32.1. The summed E-state index contributed by atoms with van der Waals surface area (Å²) in [5.74, 6) is 1.95. The van der Waals surface area contributed by atoms with E-state index in [0.717, 1.165) is 29.2 Å². The van der Waals surface area contributed by atoms with E-state index in [1.165, 1.54) is 56.1 Å². The lowest BCUT2D eigenvalue weighted by molar-refractivity contribution is 0.0730. The molecule has 1 aromatic heterocycles. The average molecular weight is 347 g/mol. The Balaban J connectivity index is 1.43. The number of rotatable bonds is 3. The van der Waals surface area contributed by atoms with Gasteiger partial charge >= 0.3 is 0 Å². The predicted octanol–water partition coefficient (Wildman–Crippen LogP) is 3.82. The summed E-state index contributed by atoms with van der Waals surface area (Å²) in [6.45, 7) is 0. The summed E-state index contributed by atoms with van der Waals surface area (Å²) >= 11 is 1.69. The molecule has 2 unspecified atom stereocenters. The molecule has 3 aliphatic rings. The van der Waals surface area contributed by atoms with Crippen molar-refractivity contribution in [2.75, 3.05) is 21.1 Å². The number of thiophene rings is 1. The molecule has 0 aliphatic heterocycles. The number of amides is 1.